The highest BCUT2D eigenvalue weighted by atomic mass is 35.5. The van der Waals surface area contributed by atoms with E-state index < -0.39 is 5.97 Å². The maximum absolute atomic E-state index is 10.9. The molecule has 2 nitrogen and oxygen atoms in total. The van der Waals surface area contributed by atoms with Crippen LogP contribution in [0.15, 0.2) is 47.4 Å². The van der Waals surface area contributed by atoms with Gasteiger partial charge in [-0.25, -0.2) is 4.79 Å². The van der Waals surface area contributed by atoms with Crippen LogP contribution in [0, 0.1) is 6.92 Å². The van der Waals surface area contributed by atoms with Crippen molar-refractivity contribution in [1.82, 2.24) is 0 Å². The minimum Gasteiger partial charge on any atom is -0.478 e. The molecule has 2 aromatic carbocycles. The molecule has 19 heavy (non-hydrogen) atoms. The molecule has 1 N–H and O–H groups in total. The molecule has 0 spiro atoms. The van der Waals surface area contributed by atoms with Crippen molar-refractivity contribution in [2.24, 2.45) is 0 Å². The second-order valence-corrected chi connectivity index (χ2v) is 5.68. The zero-order valence-electron chi connectivity index (χ0n) is 10.4. The van der Waals surface area contributed by atoms with Crippen LogP contribution in [-0.4, -0.2) is 11.1 Å². The second-order valence-electron chi connectivity index (χ2n) is 4.19. The van der Waals surface area contributed by atoms with Crippen molar-refractivity contribution < 1.29 is 9.90 Å². The number of halogens is 1. The SMILES string of the molecule is Cc1cc(C(=O)O)ccc1CSc1cccc(Cl)c1. The van der Waals surface area contributed by atoms with E-state index in [1.54, 1.807) is 23.9 Å². The van der Waals surface area contributed by atoms with Crippen LogP contribution in [0.2, 0.25) is 5.02 Å². The third-order valence-corrected chi connectivity index (χ3v) is 4.06. The number of aryl methyl sites for hydroxylation is 1. The van der Waals surface area contributed by atoms with Crippen molar-refractivity contribution in [3.63, 3.8) is 0 Å². The lowest BCUT2D eigenvalue weighted by atomic mass is 10.1. The Labute approximate surface area is 121 Å². The van der Waals surface area contributed by atoms with Crippen LogP contribution in [0.25, 0.3) is 0 Å². The molecule has 2 aromatic rings. The molecular formula is C15H13ClO2S. The summed E-state index contributed by atoms with van der Waals surface area (Å²) in [5.41, 5.74) is 2.46. The van der Waals surface area contributed by atoms with Crippen molar-refractivity contribution in [2.45, 2.75) is 17.6 Å². The van der Waals surface area contributed by atoms with Crippen molar-refractivity contribution in [1.29, 1.82) is 0 Å². The Bertz CT molecular complexity index is 611. The minimum absolute atomic E-state index is 0.328. The maximum Gasteiger partial charge on any atom is 0.335 e. The molecular weight excluding hydrogens is 280 g/mol. The highest BCUT2D eigenvalue weighted by Crippen LogP contribution is 2.26. The number of carboxylic acids is 1. The number of carboxylic acid groups (broad SMARTS) is 1. The predicted octanol–water partition coefficient (Wildman–Crippen LogP) is 4.64. The van der Waals surface area contributed by atoms with Crippen LogP contribution in [0.5, 0.6) is 0 Å². The van der Waals surface area contributed by atoms with E-state index in [-0.39, 0.29) is 0 Å². The summed E-state index contributed by atoms with van der Waals surface area (Å²) in [6, 6.07) is 12.9. The van der Waals surface area contributed by atoms with E-state index >= 15 is 0 Å². The van der Waals surface area contributed by atoms with Gasteiger partial charge in [0.1, 0.15) is 0 Å². The lowest BCUT2D eigenvalue weighted by Crippen LogP contribution is -1.98. The lowest BCUT2D eigenvalue weighted by molar-refractivity contribution is 0.0697. The first kappa shape index (κ1) is 14.0. The van der Waals surface area contributed by atoms with E-state index in [1.807, 2.05) is 37.3 Å². The van der Waals surface area contributed by atoms with Crippen LogP contribution < -0.4 is 0 Å². The van der Waals surface area contributed by atoms with Crippen LogP contribution >= 0.6 is 23.4 Å². The average Bonchev–Trinajstić information content (AvgIpc) is 2.37. The molecule has 0 saturated heterocycles. The van der Waals surface area contributed by atoms with Crippen molar-refractivity contribution in [2.75, 3.05) is 0 Å². The molecule has 0 aromatic heterocycles. The fraction of sp³-hybridized carbons (Fsp3) is 0.133. The Morgan fingerprint density at radius 2 is 2.05 bits per heavy atom. The lowest BCUT2D eigenvalue weighted by Gasteiger charge is -2.07. The Hall–Kier alpha value is -1.45. The highest BCUT2D eigenvalue weighted by molar-refractivity contribution is 7.98. The Morgan fingerprint density at radius 1 is 1.26 bits per heavy atom. The summed E-state index contributed by atoms with van der Waals surface area (Å²) < 4.78 is 0. The van der Waals surface area contributed by atoms with Crippen LogP contribution in [0.1, 0.15) is 21.5 Å². The van der Waals surface area contributed by atoms with Gasteiger partial charge in [0.25, 0.3) is 0 Å². The van der Waals surface area contributed by atoms with Gasteiger partial charge in [0.2, 0.25) is 0 Å². The van der Waals surface area contributed by atoms with Gasteiger partial charge in [0, 0.05) is 15.7 Å². The largest absolute Gasteiger partial charge is 0.478 e. The third-order valence-electron chi connectivity index (χ3n) is 2.78. The van der Waals surface area contributed by atoms with Crippen molar-refractivity contribution in [3.8, 4) is 0 Å². The first-order valence-electron chi connectivity index (χ1n) is 5.77. The van der Waals surface area contributed by atoms with E-state index in [0.717, 1.165) is 26.8 Å². The van der Waals surface area contributed by atoms with E-state index in [2.05, 4.69) is 0 Å². The molecule has 0 aliphatic heterocycles. The van der Waals surface area contributed by atoms with Gasteiger partial charge in [-0.05, 0) is 48.4 Å². The molecule has 0 unspecified atom stereocenters. The quantitative estimate of drug-likeness (QED) is 0.834. The summed E-state index contributed by atoms with van der Waals surface area (Å²) in [7, 11) is 0. The average molecular weight is 293 g/mol. The topological polar surface area (TPSA) is 37.3 Å². The number of carbonyl (C=O) groups is 1. The zero-order chi connectivity index (χ0) is 13.8. The number of thioether (sulfide) groups is 1. The predicted molar refractivity (Wildman–Crippen MR) is 79.2 cm³/mol. The Balaban J connectivity index is 2.10. The monoisotopic (exact) mass is 292 g/mol. The molecule has 98 valence electrons. The number of rotatable bonds is 4. The summed E-state index contributed by atoms with van der Waals surface area (Å²) in [6.45, 7) is 1.93. The summed E-state index contributed by atoms with van der Waals surface area (Å²) in [5, 5.41) is 9.64. The third kappa shape index (κ3) is 3.75. The van der Waals surface area contributed by atoms with Crippen LogP contribution in [0.4, 0.5) is 0 Å². The fourth-order valence-corrected chi connectivity index (χ4v) is 2.99. The van der Waals surface area contributed by atoms with Gasteiger partial charge in [-0.2, -0.15) is 0 Å². The van der Waals surface area contributed by atoms with Gasteiger partial charge in [-0.3, -0.25) is 0 Å². The van der Waals surface area contributed by atoms with E-state index in [9.17, 15) is 4.79 Å². The Kier molecular flexibility index (Phi) is 4.51. The highest BCUT2D eigenvalue weighted by Gasteiger charge is 2.06. The van der Waals surface area contributed by atoms with Gasteiger partial charge >= 0.3 is 5.97 Å². The summed E-state index contributed by atoms with van der Waals surface area (Å²) in [4.78, 5) is 12.0. The molecule has 0 bridgehead atoms. The molecule has 0 fully saturated rings. The molecule has 4 heteroatoms. The second kappa shape index (κ2) is 6.13. The van der Waals surface area contributed by atoms with Gasteiger partial charge in [0.05, 0.1) is 5.56 Å². The Morgan fingerprint density at radius 3 is 2.68 bits per heavy atom. The molecule has 0 amide bonds. The molecule has 0 saturated carbocycles. The molecule has 0 aliphatic rings. The van der Waals surface area contributed by atoms with Crippen molar-refractivity contribution >= 4 is 29.3 Å². The number of hydrogen-bond acceptors (Lipinski definition) is 2. The first-order valence-corrected chi connectivity index (χ1v) is 7.14. The number of benzene rings is 2. The van der Waals surface area contributed by atoms with Gasteiger partial charge in [-0.1, -0.05) is 23.7 Å². The van der Waals surface area contributed by atoms with Gasteiger partial charge in [0.15, 0.2) is 0 Å². The van der Waals surface area contributed by atoms with Crippen molar-refractivity contribution in [3.05, 3.63) is 64.2 Å². The fourth-order valence-electron chi connectivity index (χ4n) is 1.71. The normalized spacial score (nSPS) is 10.4. The number of aromatic carboxylic acids is 1. The first-order chi connectivity index (χ1) is 9.06. The van der Waals surface area contributed by atoms with Gasteiger partial charge < -0.3 is 5.11 Å². The molecule has 0 heterocycles. The minimum atomic E-state index is -0.892. The van der Waals surface area contributed by atoms with Crippen LogP contribution in [-0.2, 0) is 5.75 Å². The smallest absolute Gasteiger partial charge is 0.335 e. The summed E-state index contributed by atoms with van der Waals surface area (Å²) in [5.74, 6) is -0.0938. The van der Waals surface area contributed by atoms with E-state index in [0.29, 0.717) is 5.56 Å². The van der Waals surface area contributed by atoms with Gasteiger partial charge in [-0.15, -0.1) is 11.8 Å². The zero-order valence-corrected chi connectivity index (χ0v) is 12.0. The molecule has 0 atom stereocenters. The number of hydrogen-bond donors (Lipinski definition) is 1. The summed E-state index contributed by atoms with van der Waals surface area (Å²) >= 11 is 7.62. The molecule has 0 aliphatic carbocycles. The standard InChI is InChI=1S/C15H13ClO2S/c1-10-7-11(15(17)18)5-6-12(10)9-19-14-4-2-3-13(16)8-14/h2-8H,9H2,1H3,(H,17,18). The van der Waals surface area contributed by atoms with E-state index in [4.69, 9.17) is 16.7 Å². The molecule has 0 radical (unpaired) electrons. The van der Waals surface area contributed by atoms with E-state index in [1.165, 1.54) is 0 Å². The maximum atomic E-state index is 10.9. The summed E-state index contributed by atoms with van der Waals surface area (Å²) in [6.07, 6.45) is 0. The molecule has 2 rings (SSSR count). The van der Waals surface area contributed by atoms with Crippen LogP contribution in [0.3, 0.4) is 0 Å².